The summed E-state index contributed by atoms with van der Waals surface area (Å²) < 4.78 is 6.26. The molecule has 0 N–H and O–H groups in total. The van der Waals surface area contributed by atoms with Crippen LogP contribution in [0.1, 0.15) is 19.4 Å². The first-order chi connectivity index (χ1) is 8.97. The standard InChI is InChI=1S/C13H17BrN2O3/c1-9-6-15(7-10(2)19-9)8-11-4-3-5-12(13(11)14)16(17)18/h3-5,9-10H,6-8H2,1-2H3/t9-,10+. The minimum Gasteiger partial charge on any atom is -0.373 e. The van der Waals surface area contributed by atoms with E-state index in [2.05, 4.69) is 20.8 Å². The van der Waals surface area contributed by atoms with Crippen molar-refractivity contribution in [1.29, 1.82) is 0 Å². The highest BCUT2D eigenvalue weighted by Gasteiger charge is 2.24. The lowest BCUT2D eigenvalue weighted by Crippen LogP contribution is -2.44. The Hall–Kier alpha value is -0.980. The van der Waals surface area contributed by atoms with Gasteiger partial charge in [0, 0.05) is 25.7 Å². The molecule has 1 fully saturated rings. The Labute approximate surface area is 120 Å². The molecule has 0 amide bonds. The second kappa shape index (κ2) is 5.98. The monoisotopic (exact) mass is 328 g/mol. The first kappa shape index (κ1) is 14.4. The first-order valence-electron chi connectivity index (χ1n) is 6.27. The Bertz CT molecular complexity index is 471. The molecule has 5 nitrogen and oxygen atoms in total. The number of nitrogens with zero attached hydrogens (tertiary/aromatic N) is 2. The average molecular weight is 329 g/mol. The van der Waals surface area contributed by atoms with Gasteiger partial charge in [-0.05, 0) is 35.3 Å². The Morgan fingerprint density at radius 3 is 2.63 bits per heavy atom. The summed E-state index contributed by atoms with van der Waals surface area (Å²) in [6.07, 6.45) is 0.391. The molecule has 2 rings (SSSR count). The third-order valence-corrected chi connectivity index (χ3v) is 4.06. The summed E-state index contributed by atoms with van der Waals surface area (Å²) in [5.41, 5.74) is 1.06. The Morgan fingerprint density at radius 1 is 1.42 bits per heavy atom. The number of benzene rings is 1. The molecule has 0 unspecified atom stereocenters. The minimum atomic E-state index is -0.363. The van der Waals surface area contributed by atoms with Gasteiger partial charge >= 0.3 is 0 Å². The molecular formula is C13H17BrN2O3. The highest BCUT2D eigenvalue weighted by atomic mass is 79.9. The lowest BCUT2D eigenvalue weighted by atomic mass is 10.1. The fourth-order valence-electron chi connectivity index (χ4n) is 2.48. The highest BCUT2D eigenvalue weighted by molar-refractivity contribution is 9.10. The van der Waals surface area contributed by atoms with E-state index < -0.39 is 0 Å². The Balaban J connectivity index is 2.15. The molecule has 1 aliphatic heterocycles. The molecule has 104 valence electrons. The fraction of sp³-hybridized carbons (Fsp3) is 0.538. The topological polar surface area (TPSA) is 55.6 Å². The number of ether oxygens (including phenoxy) is 1. The summed E-state index contributed by atoms with van der Waals surface area (Å²) in [5.74, 6) is 0. The van der Waals surface area contributed by atoms with Crippen LogP contribution >= 0.6 is 15.9 Å². The molecule has 0 aliphatic carbocycles. The van der Waals surface area contributed by atoms with E-state index in [4.69, 9.17) is 4.74 Å². The average Bonchev–Trinajstić information content (AvgIpc) is 2.30. The van der Waals surface area contributed by atoms with Crippen molar-refractivity contribution in [2.75, 3.05) is 13.1 Å². The van der Waals surface area contributed by atoms with E-state index in [0.717, 1.165) is 18.7 Å². The van der Waals surface area contributed by atoms with Crippen LogP contribution in [0.4, 0.5) is 5.69 Å². The van der Waals surface area contributed by atoms with Crippen molar-refractivity contribution < 1.29 is 9.66 Å². The van der Waals surface area contributed by atoms with Gasteiger partial charge in [-0.2, -0.15) is 0 Å². The van der Waals surface area contributed by atoms with E-state index in [-0.39, 0.29) is 22.8 Å². The number of rotatable bonds is 3. The van der Waals surface area contributed by atoms with Crippen LogP contribution in [0.3, 0.4) is 0 Å². The van der Waals surface area contributed by atoms with Gasteiger partial charge in [-0.3, -0.25) is 15.0 Å². The van der Waals surface area contributed by atoms with Crippen molar-refractivity contribution in [2.45, 2.75) is 32.6 Å². The number of hydrogen-bond donors (Lipinski definition) is 0. The van der Waals surface area contributed by atoms with Crippen LogP contribution in [0.2, 0.25) is 0 Å². The zero-order valence-corrected chi connectivity index (χ0v) is 12.6. The summed E-state index contributed by atoms with van der Waals surface area (Å²) in [6, 6.07) is 5.16. The maximum Gasteiger partial charge on any atom is 0.283 e. The van der Waals surface area contributed by atoms with Crippen molar-refractivity contribution >= 4 is 21.6 Å². The van der Waals surface area contributed by atoms with Crippen LogP contribution in [-0.2, 0) is 11.3 Å². The van der Waals surface area contributed by atoms with Gasteiger partial charge in [-0.15, -0.1) is 0 Å². The maximum absolute atomic E-state index is 10.9. The Morgan fingerprint density at radius 2 is 2.05 bits per heavy atom. The van der Waals surface area contributed by atoms with Crippen LogP contribution in [-0.4, -0.2) is 35.1 Å². The maximum atomic E-state index is 10.9. The molecule has 0 spiro atoms. The molecule has 1 aromatic carbocycles. The van der Waals surface area contributed by atoms with Crippen molar-refractivity contribution in [3.05, 3.63) is 38.3 Å². The molecule has 0 aromatic heterocycles. The smallest absolute Gasteiger partial charge is 0.283 e. The number of nitro benzene ring substituents is 1. The number of nitro groups is 1. The van der Waals surface area contributed by atoms with E-state index >= 15 is 0 Å². The van der Waals surface area contributed by atoms with Crippen molar-refractivity contribution in [2.24, 2.45) is 0 Å². The molecule has 1 saturated heterocycles. The van der Waals surface area contributed by atoms with Gasteiger partial charge in [-0.25, -0.2) is 0 Å². The van der Waals surface area contributed by atoms with E-state index in [1.54, 1.807) is 6.07 Å². The van der Waals surface area contributed by atoms with E-state index in [0.29, 0.717) is 11.0 Å². The minimum absolute atomic E-state index is 0.117. The molecule has 1 aromatic rings. The van der Waals surface area contributed by atoms with Crippen molar-refractivity contribution in [3.63, 3.8) is 0 Å². The highest BCUT2D eigenvalue weighted by Crippen LogP contribution is 2.29. The van der Waals surface area contributed by atoms with Crippen LogP contribution < -0.4 is 0 Å². The summed E-state index contributed by atoms with van der Waals surface area (Å²) in [5, 5.41) is 10.9. The molecule has 0 radical (unpaired) electrons. The van der Waals surface area contributed by atoms with E-state index in [1.807, 2.05) is 19.9 Å². The van der Waals surface area contributed by atoms with Gasteiger partial charge in [0.25, 0.3) is 5.69 Å². The first-order valence-corrected chi connectivity index (χ1v) is 7.06. The second-order valence-electron chi connectivity index (χ2n) is 4.96. The van der Waals surface area contributed by atoms with Crippen molar-refractivity contribution in [3.8, 4) is 0 Å². The van der Waals surface area contributed by atoms with Crippen LogP contribution in [0, 0.1) is 10.1 Å². The molecule has 0 bridgehead atoms. The number of morpholine rings is 1. The van der Waals surface area contributed by atoms with Crippen LogP contribution in [0.5, 0.6) is 0 Å². The van der Waals surface area contributed by atoms with Gasteiger partial charge in [0.05, 0.1) is 21.6 Å². The van der Waals surface area contributed by atoms with Gasteiger partial charge in [0.2, 0.25) is 0 Å². The predicted octanol–water partition coefficient (Wildman–Crippen LogP) is 2.97. The molecular weight excluding hydrogens is 312 g/mol. The molecule has 2 atom stereocenters. The number of hydrogen-bond acceptors (Lipinski definition) is 4. The lowest BCUT2D eigenvalue weighted by molar-refractivity contribution is -0.385. The van der Waals surface area contributed by atoms with E-state index in [1.165, 1.54) is 6.07 Å². The van der Waals surface area contributed by atoms with E-state index in [9.17, 15) is 10.1 Å². The molecule has 1 heterocycles. The predicted molar refractivity (Wildman–Crippen MR) is 76.1 cm³/mol. The molecule has 0 saturated carbocycles. The fourth-order valence-corrected chi connectivity index (χ4v) is 3.02. The zero-order valence-electron chi connectivity index (χ0n) is 11.0. The summed E-state index contributed by atoms with van der Waals surface area (Å²) in [7, 11) is 0. The van der Waals surface area contributed by atoms with Crippen molar-refractivity contribution in [1.82, 2.24) is 4.90 Å². The lowest BCUT2D eigenvalue weighted by Gasteiger charge is -2.35. The molecule has 6 heteroatoms. The van der Waals surface area contributed by atoms with Crippen LogP contribution in [0.15, 0.2) is 22.7 Å². The summed E-state index contributed by atoms with van der Waals surface area (Å²) in [6.45, 7) is 6.48. The van der Waals surface area contributed by atoms with Gasteiger partial charge in [0.15, 0.2) is 0 Å². The third-order valence-electron chi connectivity index (χ3n) is 3.14. The summed E-state index contributed by atoms with van der Waals surface area (Å²) >= 11 is 3.34. The normalized spacial score (nSPS) is 24.4. The molecule has 19 heavy (non-hydrogen) atoms. The second-order valence-corrected chi connectivity index (χ2v) is 5.75. The SMILES string of the molecule is C[C@@H]1CN(Cc2cccc([N+](=O)[O-])c2Br)C[C@H](C)O1. The van der Waals surface area contributed by atoms with Crippen LogP contribution in [0.25, 0.3) is 0 Å². The zero-order chi connectivity index (χ0) is 14.0. The Kier molecular flexibility index (Phi) is 4.54. The van der Waals surface area contributed by atoms with Gasteiger partial charge < -0.3 is 4.74 Å². The molecule has 1 aliphatic rings. The largest absolute Gasteiger partial charge is 0.373 e. The number of halogens is 1. The van der Waals surface area contributed by atoms with Gasteiger partial charge in [0.1, 0.15) is 0 Å². The third kappa shape index (κ3) is 3.52. The van der Waals surface area contributed by atoms with Gasteiger partial charge in [-0.1, -0.05) is 12.1 Å². The summed E-state index contributed by atoms with van der Waals surface area (Å²) in [4.78, 5) is 12.8. The quantitative estimate of drug-likeness (QED) is 0.632.